The number of halogens is 2. The molecule has 1 aromatic rings. The number of hydrogen-bond acceptors (Lipinski definition) is 3. The van der Waals surface area contributed by atoms with E-state index in [1.807, 2.05) is 24.5 Å². The first kappa shape index (κ1) is 16.9. The van der Waals surface area contributed by atoms with E-state index in [9.17, 15) is 0 Å². The summed E-state index contributed by atoms with van der Waals surface area (Å²) in [6, 6.07) is 6.42. The van der Waals surface area contributed by atoms with Gasteiger partial charge in [0.2, 0.25) is 0 Å². The molecule has 1 aromatic heterocycles. The summed E-state index contributed by atoms with van der Waals surface area (Å²) < 4.78 is 6.15. The molecule has 3 heterocycles. The number of pyridine rings is 1. The van der Waals surface area contributed by atoms with E-state index >= 15 is 0 Å². The minimum Gasteiger partial charge on any atom is -0.490 e. The van der Waals surface area contributed by atoms with Crippen LogP contribution in [-0.2, 0) is 0 Å². The Morgan fingerprint density at radius 2 is 1.52 bits per heavy atom. The van der Waals surface area contributed by atoms with Gasteiger partial charge in [-0.15, -0.1) is 24.8 Å². The summed E-state index contributed by atoms with van der Waals surface area (Å²) in [5, 5.41) is 0. The monoisotopic (exact) mass is 330 g/mol. The van der Waals surface area contributed by atoms with Gasteiger partial charge in [0, 0.05) is 30.5 Å². The van der Waals surface area contributed by atoms with Crippen LogP contribution >= 0.6 is 24.8 Å². The number of fused-ring (bicyclic) bond motifs is 2. The molecular weight excluding hydrogens is 307 g/mol. The Kier molecular flexibility index (Phi) is 5.75. The highest BCUT2D eigenvalue weighted by Crippen LogP contribution is 2.42. The van der Waals surface area contributed by atoms with Crippen molar-refractivity contribution in [2.24, 2.45) is 0 Å². The zero-order chi connectivity index (χ0) is 12.7. The van der Waals surface area contributed by atoms with Crippen LogP contribution in [0.3, 0.4) is 0 Å². The Labute approximate surface area is 139 Å². The molecule has 0 spiro atoms. The maximum atomic E-state index is 6.15. The SMILES string of the molecule is Cl.Cl.c1cc(OC2CC3CCC(C2)N3C2CCC2)ccn1. The molecule has 5 heteroatoms. The van der Waals surface area contributed by atoms with Crippen LogP contribution in [0.2, 0.25) is 0 Å². The molecule has 118 valence electrons. The van der Waals surface area contributed by atoms with Crippen LogP contribution in [-0.4, -0.2) is 34.1 Å². The lowest BCUT2D eigenvalue weighted by Gasteiger charge is -2.46. The second-order valence-electron chi connectivity index (χ2n) is 6.31. The van der Waals surface area contributed by atoms with E-state index in [-0.39, 0.29) is 24.8 Å². The van der Waals surface area contributed by atoms with Crippen molar-refractivity contribution >= 4 is 24.8 Å². The molecule has 0 aromatic carbocycles. The van der Waals surface area contributed by atoms with Gasteiger partial charge in [-0.25, -0.2) is 0 Å². The van der Waals surface area contributed by atoms with Gasteiger partial charge in [0.15, 0.2) is 0 Å². The predicted molar refractivity (Wildman–Crippen MR) is 88.7 cm³/mol. The minimum absolute atomic E-state index is 0. The van der Waals surface area contributed by atoms with Gasteiger partial charge in [0.1, 0.15) is 11.9 Å². The third-order valence-corrected chi connectivity index (χ3v) is 5.20. The fourth-order valence-corrected chi connectivity index (χ4v) is 4.15. The molecular formula is C16H24Cl2N2O. The summed E-state index contributed by atoms with van der Waals surface area (Å²) >= 11 is 0. The summed E-state index contributed by atoms with van der Waals surface area (Å²) in [5.74, 6) is 0.983. The van der Waals surface area contributed by atoms with E-state index in [2.05, 4.69) is 9.88 Å². The molecule has 2 saturated heterocycles. The van der Waals surface area contributed by atoms with E-state index in [1.54, 1.807) is 0 Å². The summed E-state index contributed by atoms with van der Waals surface area (Å²) in [5.41, 5.74) is 0. The van der Waals surface area contributed by atoms with Gasteiger partial charge in [-0.2, -0.15) is 0 Å². The Balaban J connectivity index is 0.000000807. The zero-order valence-corrected chi connectivity index (χ0v) is 13.8. The van der Waals surface area contributed by atoms with Gasteiger partial charge in [0.05, 0.1) is 0 Å². The minimum atomic E-state index is 0. The summed E-state index contributed by atoms with van der Waals surface area (Å²) in [4.78, 5) is 6.89. The van der Waals surface area contributed by atoms with E-state index in [1.165, 1.54) is 44.9 Å². The number of ether oxygens (including phenoxy) is 1. The highest BCUT2D eigenvalue weighted by atomic mass is 35.5. The number of aromatic nitrogens is 1. The number of piperidine rings is 1. The normalized spacial score (nSPS) is 31.7. The lowest BCUT2D eigenvalue weighted by molar-refractivity contribution is -0.00227. The zero-order valence-electron chi connectivity index (χ0n) is 12.2. The Hall–Kier alpha value is -0.510. The molecule has 2 atom stereocenters. The van der Waals surface area contributed by atoms with Gasteiger partial charge in [0.25, 0.3) is 0 Å². The third-order valence-electron chi connectivity index (χ3n) is 5.20. The van der Waals surface area contributed by atoms with E-state index in [0.29, 0.717) is 6.10 Å². The molecule has 0 amide bonds. The van der Waals surface area contributed by atoms with Crippen LogP contribution in [0.4, 0.5) is 0 Å². The molecule has 3 fully saturated rings. The maximum Gasteiger partial charge on any atom is 0.122 e. The fourth-order valence-electron chi connectivity index (χ4n) is 4.15. The van der Waals surface area contributed by atoms with Crippen molar-refractivity contribution in [1.82, 2.24) is 9.88 Å². The molecule has 2 unspecified atom stereocenters. The standard InChI is InChI=1S/C16H22N2O.2ClH/c1-2-12(3-1)18-13-4-5-14(18)11-16(10-13)19-15-6-8-17-9-7-15;;/h6-9,12-14,16H,1-5,10-11H2;2*1H. The maximum absolute atomic E-state index is 6.15. The lowest BCUT2D eigenvalue weighted by atomic mass is 9.87. The van der Waals surface area contributed by atoms with Crippen LogP contribution in [0, 0.1) is 0 Å². The van der Waals surface area contributed by atoms with E-state index in [0.717, 1.165) is 23.9 Å². The van der Waals surface area contributed by atoms with Crippen molar-refractivity contribution < 1.29 is 4.74 Å². The molecule has 0 radical (unpaired) electrons. The molecule has 0 N–H and O–H groups in total. The molecule has 2 bridgehead atoms. The van der Waals surface area contributed by atoms with Crippen LogP contribution in [0.5, 0.6) is 5.75 Å². The molecule has 4 rings (SSSR count). The van der Waals surface area contributed by atoms with Crippen molar-refractivity contribution in [1.29, 1.82) is 0 Å². The van der Waals surface area contributed by atoms with Gasteiger partial charge < -0.3 is 4.74 Å². The van der Waals surface area contributed by atoms with E-state index < -0.39 is 0 Å². The predicted octanol–water partition coefficient (Wildman–Crippen LogP) is 3.85. The Morgan fingerprint density at radius 3 is 2.05 bits per heavy atom. The van der Waals surface area contributed by atoms with Crippen LogP contribution in [0.15, 0.2) is 24.5 Å². The van der Waals surface area contributed by atoms with Crippen molar-refractivity contribution in [3.05, 3.63) is 24.5 Å². The van der Waals surface area contributed by atoms with Gasteiger partial charge in [-0.05, 0) is 50.7 Å². The number of rotatable bonds is 3. The van der Waals surface area contributed by atoms with E-state index in [4.69, 9.17) is 4.74 Å². The van der Waals surface area contributed by atoms with Crippen molar-refractivity contribution in [2.45, 2.75) is 69.2 Å². The summed E-state index contributed by atoms with van der Waals surface area (Å²) in [7, 11) is 0. The van der Waals surface area contributed by atoms with Crippen molar-refractivity contribution in [3.63, 3.8) is 0 Å². The molecule has 1 aliphatic carbocycles. The number of nitrogens with zero attached hydrogens (tertiary/aromatic N) is 2. The summed E-state index contributed by atoms with van der Waals surface area (Å²) in [6.07, 6.45) is 13.6. The van der Waals surface area contributed by atoms with Gasteiger partial charge >= 0.3 is 0 Å². The van der Waals surface area contributed by atoms with Crippen molar-refractivity contribution in [2.75, 3.05) is 0 Å². The van der Waals surface area contributed by atoms with Crippen LogP contribution in [0.1, 0.15) is 44.9 Å². The molecule has 1 saturated carbocycles. The molecule has 3 nitrogen and oxygen atoms in total. The first-order chi connectivity index (χ1) is 9.40. The average molecular weight is 331 g/mol. The fraction of sp³-hybridized carbons (Fsp3) is 0.688. The smallest absolute Gasteiger partial charge is 0.122 e. The molecule has 3 aliphatic rings. The Bertz CT molecular complexity index is 427. The highest BCUT2D eigenvalue weighted by molar-refractivity contribution is 5.85. The number of hydrogen-bond donors (Lipinski definition) is 0. The Morgan fingerprint density at radius 1 is 0.905 bits per heavy atom. The van der Waals surface area contributed by atoms with Gasteiger partial charge in [-0.1, -0.05) is 6.42 Å². The first-order valence-electron chi connectivity index (χ1n) is 7.74. The second kappa shape index (κ2) is 7.17. The summed E-state index contributed by atoms with van der Waals surface area (Å²) in [6.45, 7) is 0. The highest BCUT2D eigenvalue weighted by Gasteiger charge is 2.45. The largest absolute Gasteiger partial charge is 0.490 e. The lowest BCUT2D eigenvalue weighted by Crippen LogP contribution is -2.53. The average Bonchev–Trinajstić information content (AvgIpc) is 2.62. The quantitative estimate of drug-likeness (QED) is 0.841. The van der Waals surface area contributed by atoms with Crippen molar-refractivity contribution in [3.8, 4) is 5.75 Å². The molecule has 2 aliphatic heterocycles. The molecule has 21 heavy (non-hydrogen) atoms. The van der Waals surface area contributed by atoms with Gasteiger partial charge in [-0.3, -0.25) is 9.88 Å². The second-order valence-corrected chi connectivity index (χ2v) is 6.31. The topological polar surface area (TPSA) is 25.4 Å². The van der Waals surface area contributed by atoms with Crippen LogP contribution < -0.4 is 4.74 Å². The first-order valence-corrected chi connectivity index (χ1v) is 7.74. The van der Waals surface area contributed by atoms with Crippen LogP contribution in [0.25, 0.3) is 0 Å². The third kappa shape index (κ3) is 3.30.